The zero-order valence-corrected chi connectivity index (χ0v) is 9.32. The van der Waals surface area contributed by atoms with Crippen LogP contribution in [0.15, 0.2) is 48.7 Å². The van der Waals surface area contributed by atoms with Gasteiger partial charge < -0.3 is 9.84 Å². The number of rotatable bonds is 2. The molecule has 0 aliphatic rings. The van der Waals surface area contributed by atoms with Crippen molar-refractivity contribution in [1.82, 2.24) is 15.4 Å². The molecule has 5 nitrogen and oxygen atoms in total. The second-order valence-corrected chi connectivity index (χ2v) is 3.75. The Bertz CT molecular complexity index is 686. The number of phenolic OH excluding ortho intramolecular Hbond substituents is 1. The molecule has 0 bridgehead atoms. The van der Waals surface area contributed by atoms with E-state index in [1.54, 1.807) is 18.2 Å². The van der Waals surface area contributed by atoms with Crippen molar-refractivity contribution in [3.63, 3.8) is 0 Å². The highest BCUT2D eigenvalue weighted by Gasteiger charge is 2.01. The maximum absolute atomic E-state index is 9.38. The van der Waals surface area contributed by atoms with E-state index < -0.39 is 0 Å². The molecule has 1 aromatic heterocycles. The lowest BCUT2D eigenvalue weighted by atomic mass is 10.1. The lowest BCUT2D eigenvalue weighted by molar-refractivity contribution is 0.451. The zero-order chi connectivity index (χ0) is 12.4. The summed E-state index contributed by atoms with van der Waals surface area (Å²) < 4.78 is 5.54. The van der Waals surface area contributed by atoms with Gasteiger partial charge in [0.15, 0.2) is 0 Å². The Balaban J connectivity index is 1.96. The number of aromatic hydroxyl groups is 1. The van der Waals surface area contributed by atoms with Crippen LogP contribution in [0.4, 0.5) is 0 Å². The van der Waals surface area contributed by atoms with Gasteiger partial charge in [0.25, 0.3) is 0 Å². The van der Waals surface area contributed by atoms with Gasteiger partial charge in [-0.15, -0.1) is 5.10 Å². The fraction of sp³-hybridized carbons (Fsp3) is 0. The highest BCUT2D eigenvalue weighted by Crippen LogP contribution is 2.26. The molecular weight excluding hydrogens is 230 g/mol. The van der Waals surface area contributed by atoms with Crippen LogP contribution in [0.2, 0.25) is 0 Å². The van der Waals surface area contributed by atoms with Crippen LogP contribution in [-0.2, 0) is 0 Å². The first-order chi connectivity index (χ1) is 8.81. The normalized spacial score (nSPS) is 10.4. The molecule has 2 aromatic carbocycles. The van der Waals surface area contributed by atoms with Gasteiger partial charge in [-0.2, -0.15) is 0 Å². The lowest BCUT2D eigenvalue weighted by Gasteiger charge is -2.05. The molecular formula is C13H9N3O2. The fourth-order valence-electron chi connectivity index (χ4n) is 1.68. The van der Waals surface area contributed by atoms with Gasteiger partial charge >= 0.3 is 0 Å². The van der Waals surface area contributed by atoms with Gasteiger partial charge in [0.05, 0.1) is 6.20 Å². The number of hydrogen-bond acceptors (Lipinski definition) is 5. The number of aromatic nitrogens is 3. The van der Waals surface area contributed by atoms with Crippen LogP contribution in [0.5, 0.6) is 17.4 Å². The maximum Gasteiger partial charge on any atom is 0.242 e. The minimum Gasteiger partial charge on any atom is -0.508 e. The van der Waals surface area contributed by atoms with Crippen molar-refractivity contribution >= 4 is 10.8 Å². The van der Waals surface area contributed by atoms with E-state index in [0.717, 1.165) is 10.8 Å². The van der Waals surface area contributed by atoms with Gasteiger partial charge in [0.1, 0.15) is 11.5 Å². The summed E-state index contributed by atoms with van der Waals surface area (Å²) in [7, 11) is 0. The fourth-order valence-corrected chi connectivity index (χ4v) is 1.68. The van der Waals surface area contributed by atoms with Gasteiger partial charge in [-0.3, -0.25) is 0 Å². The van der Waals surface area contributed by atoms with E-state index in [9.17, 15) is 5.11 Å². The summed E-state index contributed by atoms with van der Waals surface area (Å²) in [6.45, 7) is 0. The molecule has 0 atom stereocenters. The molecule has 0 spiro atoms. The van der Waals surface area contributed by atoms with Crippen molar-refractivity contribution in [2.24, 2.45) is 0 Å². The molecule has 1 N–H and O–H groups in total. The number of benzene rings is 2. The van der Waals surface area contributed by atoms with Crippen molar-refractivity contribution in [1.29, 1.82) is 0 Å². The van der Waals surface area contributed by atoms with Crippen LogP contribution in [0.3, 0.4) is 0 Å². The first-order valence-electron chi connectivity index (χ1n) is 5.36. The Morgan fingerprint density at radius 1 is 0.944 bits per heavy atom. The molecule has 3 aromatic rings. The van der Waals surface area contributed by atoms with Crippen molar-refractivity contribution in [3.8, 4) is 17.4 Å². The van der Waals surface area contributed by atoms with Crippen LogP contribution < -0.4 is 4.74 Å². The molecule has 1 heterocycles. The van der Waals surface area contributed by atoms with Crippen LogP contribution in [0.1, 0.15) is 0 Å². The summed E-state index contributed by atoms with van der Waals surface area (Å²) in [4.78, 5) is 0. The molecule has 0 radical (unpaired) electrons. The Morgan fingerprint density at radius 3 is 2.61 bits per heavy atom. The molecule has 18 heavy (non-hydrogen) atoms. The summed E-state index contributed by atoms with van der Waals surface area (Å²) in [5.74, 6) is 1.30. The second kappa shape index (κ2) is 4.29. The first-order valence-corrected chi connectivity index (χ1v) is 5.36. The van der Waals surface area contributed by atoms with E-state index in [1.165, 1.54) is 6.20 Å². The SMILES string of the molecule is Oc1ccc2cc(Oc3ccnnn3)ccc2c1. The number of hydrogen-bond donors (Lipinski definition) is 1. The van der Waals surface area contributed by atoms with Gasteiger partial charge in [-0.1, -0.05) is 17.2 Å². The second-order valence-electron chi connectivity index (χ2n) is 3.75. The van der Waals surface area contributed by atoms with Crippen LogP contribution in [-0.4, -0.2) is 20.5 Å². The quantitative estimate of drug-likeness (QED) is 0.744. The highest BCUT2D eigenvalue weighted by atomic mass is 16.5. The maximum atomic E-state index is 9.38. The number of phenols is 1. The molecule has 0 aliphatic heterocycles. The third-order valence-electron chi connectivity index (χ3n) is 2.50. The molecule has 3 rings (SSSR count). The van der Waals surface area contributed by atoms with E-state index in [4.69, 9.17) is 4.74 Å². The van der Waals surface area contributed by atoms with Gasteiger partial charge in [-0.05, 0) is 40.3 Å². The molecule has 0 unspecified atom stereocenters. The molecule has 5 heteroatoms. The van der Waals surface area contributed by atoms with E-state index >= 15 is 0 Å². The molecule has 0 amide bonds. The monoisotopic (exact) mass is 239 g/mol. The Kier molecular flexibility index (Phi) is 2.49. The van der Waals surface area contributed by atoms with E-state index in [1.807, 2.05) is 24.3 Å². The molecule has 0 saturated heterocycles. The van der Waals surface area contributed by atoms with Gasteiger partial charge in [0.2, 0.25) is 5.88 Å². The van der Waals surface area contributed by atoms with E-state index in [2.05, 4.69) is 15.4 Å². The van der Waals surface area contributed by atoms with Crippen LogP contribution in [0.25, 0.3) is 10.8 Å². The number of ether oxygens (including phenoxy) is 1. The average Bonchev–Trinajstić information content (AvgIpc) is 2.40. The Hall–Kier alpha value is -2.69. The summed E-state index contributed by atoms with van der Waals surface area (Å²) in [5.41, 5.74) is 0. The standard InChI is InChI=1S/C13H9N3O2/c17-11-3-1-10-8-12(4-2-9(10)7-11)18-13-5-6-14-16-15-13/h1-8,17H. The predicted molar refractivity (Wildman–Crippen MR) is 65.5 cm³/mol. The van der Waals surface area contributed by atoms with Crippen molar-refractivity contribution in [2.75, 3.05) is 0 Å². The van der Waals surface area contributed by atoms with E-state index in [-0.39, 0.29) is 5.75 Å². The van der Waals surface area contributed by atoms with Crippen LogP contribution in [0, 0.1) is 0 Å². The van der Waals surface area contributed by atoms with Crippen molar-refractivity contribution in [3.05, 3.63) is 48.7 Å². The number of fused-ring (bicyclic) bond motifs is 1. The average molecular weight is 239 g/mol. The van der Waals surface area contributed by atoms with Gasteiger partial charge in [-0.25, -0.2) is 0 Å². The Labute approximate surface area is 103 Å². The lowest BCUT2D eigenvalue weighted by Crippen LogP contribution is -1.91. The van der Waals surface area contributed by atoms with Crippen molar-refractivity contribution < 1.29 is 9.84 Å². The summed E-state index contributed by atoms with van der Waals surface area (Å²) in [5, 5.41) is 22.1. The predicted octanol–water partition coefficient (Wildman–Crippen LogP) is 2.52. The summed E-state index contributed by atoms with van der Waals surface area (Å²) in [6.07, 6.45) is 1.52. The third-order valence-corrected chi connectivity index (χ3v) is 2.50. The molecule has 0 aliphatic carbocycles. The first kappa shape index (κ1) is 10.5. The largest absolute Gasteiger partial charge is 0.508 e. The number of nitrogens with zero attached hydrogens (tertiary/aromatic N) is 3. The topological polar surface area (TPSA) is 68.1 Å². The van der Waals surface area contributed by atoms with Crippen molar-refractivity contribution in [2.45, 2.75) is 0 Å². The molecule has 0 fully saturated rings. The summed E-state index contributed by atoms with van der Waals surface area (Å²) in [6, 6.07) is 12.4. The smallest absolute Gasteiger partial charge is 0.242 e. The zero-order valence-electron chi connectivity index (χ0n) is 9.32. The Morgan fingerprint density at radius 2 is 1.78 bits per heavy atom. The minimum atomic E-state index is 0.246. The summed E-state index contributed by atoms with van der Waals surface area (Å²) >= 11 is 0. The molecule has 88 valence electrons. The highest BCUT2D eigenvalue weighted by molar-refractivity contribution is 5.85. The van der Waals surface area contributed by atoms with Crippen LogP contribution >= 0.6 is 0 Å². The third kappa shape index (κ3) is 2.06. The van der Waals surface area contributed by atoms with E-state index in [0.29, 0.717) is 11.6 Å². The minimum absolute atomic E-state index is 0.246. The van der Waals surface area contributed by atoms with Gasteiger partial charge in [0, 0.05) is 6.07 Å². The molecule has 0 saturated carbocycles.